The van der Waals surface area contributed by atoms with Crippen LogP contribution in [0.1, 0.15) is 50.9 Å². The second-order valence-corrected chi connectivity index (χ2v) is 9.53. The zero-order valence-corrected chi connectivity index (χ0v) is 21.0. The van der Waals surface area contributed by atoms with Crippen LogP contribution in [0, 0.1) is 0 Å². The summed E-state index contributed by atoms with van der Waals surface area (Å²) in [6.07, 6.45) is 3.95. The first-order chi connectivity index (χ1) is 16.9. The molecule has 0 fully saturated rings. The molecule has 0 radical (unpaired) electrons. The summed E-state index contributed by atoms with van der Waals surface area (Å²) in [6, 6.07) is 14.9. The lowest BCUT2D eigenvalue weighted by Gasteiger charge is -2.37. The molecule has 0 saturated carbocycles. The minimum atomic E-state index is -2.49. The van der Waals surface area contributed by atoms with Crippen molar-refractivity contribution in [1.82, 2.24) is 9.78 Å². The molecular weight excluding hydrogens is 466 g/mol. The van der Waals surface area contributed by atoms with Crippen LogP contribution >= 0.6 is 0 Å². The highest BCUT2D eigenvalue weighted by Crippen LogP contribution is 2.38. The van der Waals surface area contributed by atoms with E-state index in [9.17, 15) is 13.6 Å². The predicted molar refractivity (Wildman–Crippen MR) is 134 cm³/mol. The molecule has 3 aromatic rings. The van der Waals surface area contributed by atoms with Crippen molar-refractivity contribution in [2.75, 3.05) is 10.9 Å². The topological polar surface area (TPSA) is 96.7 Å². The Kier molecular flexibility index (Phi) is 7.87. The van der Waals surface area contributed by atoms with Crippen LogP contribution in [0.3, 0.4) is 0 Å². The molecule has 2 unspecified atom stereocenters. The lowest BCUT2D eigenvalue weighted by Crippen LogP contribution is -2.33. The van der Waals surface area contributed by atoms with Gasteiger partial charge in [-0.15, -0.1) is 0 Å². The molecule has 0 bridgehead atoms. The van der Waals surface area contributed by atoms with Gasteiger partial charge in [-0.3, -0.25) is 18.0 Å². The van der Waals surface area contributed by atoms with Crippen molar-refractivity contribution < 1.29 is 23.0 Å². The molecule has 1 aliphatic carbocycles. The van der Waals surface area contributed by atoms with Crippen LogP contribution in [0.15, 0.2) is 54.7 Å². The highest BCUT2D eigenvalue weighted by atomic mass is 32.2. The maximum Gasteiger partial charge on any atom is 0.327 e. The van der Waals surface area contributed by atoms with Gasteiger partial charge in [0.05, 0.1) is 24.9 Å². The molecule has 1 aliphatic rings. The van der Waals surface area contributed by atoms with E-state index in [1.165, 1.54) is 4.31 Å². The van der Waals surface area contributed by atoms with Crippen LogP contribution in [0.25, 0.3) is 11.1 Å². The monoisotopic (exact) mass is 496 g/mol. The van der Waals surface area contributed by atoms with E-state index in [0.717, 1.165) is 41.0 Å². The zero-order valence-electron chi connectivity index (χ0n) is 20.2. The van der Waals surface area contributed by atoms with E-state index < -0.39 is 11.3 Å². The fraction of sp³-hybridized carbons (Fsp3) is 0.385. The molecule has 8 nitrogen and oxygen atoms in total. The third-order valence-electron chi connectivity index (χ3n) is 5.92. The molecule has 35 heavy (non-hydrogen) atoms. The van der Waals surface area contributed by atoms with Crippen molar-refractivity contribution in [3.8, 4) is 16.9 Å². The SMILES string of the molecule is CCOC(=O)Cn1ncc2c1CCCC2N(c1ccc(-c2cccc(OC(C)C)c2)cc1)S(=O)[O-]. The normalized spacial score (nSPS) is 16.0. The highest BCUT2D eigenvalue weighted by molar-refractivity contribution is 7.80. The Morgan fingerprint density at radius 1 is 1.23 bits per heavy atom. The summed E-state index contributed by atoms with van der Waals surface area (Å²) in [5.74, 6) is 0.432. The van der Waals surface area contributed by atoms with E-state index >= 15 is 0 Å². The third-order valence-corrected chi connectivity index (χ3v) is 6.71. The van der Waals surface area contributed by atoms with Gasteiger partial charge in [0.25, 0.3) is 0 Å². The number of benzene rings is 2. The fourth-order valence-electron chi connectivity index (χ4n) is 4.50. The molecule has 186 valence electrons. The average Bonchev–Trinajstić information content (AvgIpc) is 3.23. The Balaban J connectivity index is 1.59. The van der Waals surface area contributed by atoms with Crippen LogP contribution in [0.4, 0.5) is 5.69 Å². The Morgan fingerprint density at radius 3 is 2.69 bits per heavy atom. The van der Waals surface area contributed by atoms with Gasteiger partial charge < -0.3 is 14.0 Å². The number of esters is 1. The summed E-state index contributed by atoms with van der Waals surface area (Å²) in [5, 5.41) is 4.36. The van der Waals surface area contributed by atoms with Crippen molar-refractivity contribution in [3.63, 3.8) is 0 Å². The van der Waals surface area contributed by atoms with Gasteiger partial charge in [-0.2, -0.15) is 5.10 Å². The van der Waals surface area contributed by atoms with Crippen molar-refractivity contribution >= 4 is 22.9 Å². The molecule has 0 spiro atoms. The fourth-order valence-corrected chi connectivity index (χ4v) is 5.22. The van der Waals surface area contributed by atoms with Gasteiger partial charge in [0.15, 0.2) is 0 Å². The number of ether oxygens (including phenoxy) is 2. The lowest BCUT2D eigenvalue weighted by atomic mass is 9.92. The molecule has 9 heteroatoms. The van der Waals surface area contributed by atoms with E-state index in [1.54, 1.807) is 17.8 Å². The van der Waals surface area contributed by atoms with Gasteiger partial charge in [-0.05, 0) is 75.4 Å². The largest absolute Gasteiger partial charge is 0.755 e. The maximum absolute atomic E-state index is 12.4. The highest BCUT2D eigenvalue weighted by Gasteiger charge is 2.30. The van der Waals surface area contributed by atoms with Crippen molar-refractivity contribution in [3.05, 3.63) is 66.0 Å². The Labute approximate surface area is 208 Å². The number of fused-ring (bicyclic) bond motifs is 1. The molecule has 0 amide bonds. The third kappa shape index (κ3) is 5.74. The summed E-state index contributed by atoms with van der Waals surface area (Å²) in [5.41, 5.74) is 4.24. The first kappa shape index (κ1) is 24.9. The molecule has 2 atom stereocenters. The van der Waals surface area contributed by atoms with Crippen molar-refractivity contribution in [2.24, 2.45) is 0 Å². The summed E-state index contributed by atoms with van der Waals surface area (Å²) in [4.78, 5) is 12.0. The Hall–Kier alpha value is -3.17. The maximum atomic E-state index is 12.4. The van der Waals surface area contributed by atoms with Crippen molar-refractivity contribution in [1.29, 1.82) is 0 Å². The molecule has 0 saturated heterocycles. The number of hydrogen-bond donors (Lipinski definition) is 0. The van der Waals surface area contributed by atoms with E-state index in [1.807, 2.05) is 62.4 Å². The Morgan fingerprint density at radius 2 is 2.00 bits per heavy atom. The standard InChI is InChI=1S/C26H31N3O5S/c1-4-33-26(30)17-28-24-9-6-10-25(23(24)16-27-28)29(35(31)32)21-13-11-19(12-14-21)20-7-5-8-22(15-20)34-18(2)3/h5,7-8,11-16,18,25H,4,6,9-10,17H2,1-3H3,(H,31,32)/p-1. The second kappa shape index (κ2) is 11.0. The van der Waals surface area contributed by atoms with E-state index in [2.05, 4.69) is 5.10 Å². The van der Waals surface area contributed by atoms with Gasteiger partial charge >= 0.3 is 5.97 Å². The minimum Gasteiger partial charge on any atom is -0.755 e. The summed E-state index contributed by atoms with van der Waals surface area (Å²) < 4.78 is 38.6. The average molecular weight is 497 g/mol. The zero-order chi connectivity index (χ0) is 24.9. The molecule has 4 rings (SSSR count). The first-order valence-corrected chi connectivity index (χ1v) is 12.9. The lowest BCUT2D eigenvalue weighted by molar-refractivity contribution is -0.144. The van der Waals surface area contributed by atoms with Gasteiger partial charge in [0.1, 0.15) is 12.3 Å². The summed E-state index contributed by atoms with van der Waals surface area (Å²) in [6.45, 7) is 6.05. The van der Waals surface area contributed by atoms with Gasteiger partial charge in [-0.1, -0.05) is 24.3 Å². The first-order valence-electron chi connectivity index (χ1n) is 11.8. The van der Waals surface area contributed by atoms with Crippen molar-refractivity contribution in [2.45, 2.75) is 58.7 Å². The van der Waals surface area contributed by atoms with Crippen LogP contribution in [0.5, 0.6) is 5.75 Å². The van der Waals surface area contributed by atoms with Crippen LogP contribution < -0.4 is 9.04 Å². The number of hydrogen-bond acceptors (Lipinski definition) is 6. The molecule has 2 aromatic carbocycles. The smallest absolute Gasteiger partial charge is 0.327 e. The molecule has 0 N–H and O–H groups in total. The van der Waals surface area contributed by atoms with Gasteiger partial charge in [0, 0.05) is 28.2 Å². The summed E-state index contributed by atoms with van der Waals surface area (Å²) >= 11 is -2.49. The number of rotatable bonds is 9. The number of carbonyl (C=O) groups excluding carboxylic acids is 1. The molecule has 1 aromatic heterocycles. The number of carbonyl (C=O) groups is 1. The number of aromatic nitrogens is 2. The van der Waals surface area contributed by atoms with E-state index in [0.29, 0.717) is 18.7 Å². The quantitative estimate of drug-likeness (QED) is 0.318. The predicted octanol–water partition coefficient (Wildman–Crippen LogP) is 4.58. The van der Waals surface area contributed by atoms with Crippen LogP contribution in [0.2, 0.25) is 0 Å². The summed E-state index contributed by atoms with van der Waals surface area (Å²) in [7, 11) is 0. The van der Waals surface area contributed by atoms with Gasteiger partial charge in [0.2, 0.25) is 0 Å². The molecular formula is C26H30N3O5S-. The Bertz CT molecular complexity index is 1190. The number of anilines is 1. The second-order valence-electron chi connectivity index (χ2n) is 8.70. The molecule has 0 aliphatic heterocycles. The van der Waals surface area contributed by atoms with E-state index in [-0.39, 0.29) is 24.7 Å². The van der Waals surface area contributed by atoms with Gasteiger partial charge in [-0.25, -0.2) is 0 Å². The van der Waals surface area contributed by atoms with Crippen LogP contribution in [-0.2, 0) is 33.8 Å². The number of nitrogens with zero attached hydrogens (tertiary/aromatic N) is 3. The van der Waals surface area contributed by atoms with Crippen LogP contribution in [-0.4, -0.2) is 37.2 Å². The molecule has 1 heterocycles. The van der Waals surface area contributed by atoms with E-state index in [4.69, 9.17) is 9.47 Å². The minimum absolute atomic E-state index is 0.0185.